The molecule has 0 bridgehead atoms. The fourth-order valence-corrected chi connectivity index (χ4v) is 2.85. The molecular formula is C16H25NO3S. The number of benzene rings is 1. The molecule has 1 aromatic rings. The maximum absolute atomic E-state index is 10.6. The number of rotatable bonds is 3. The van der Waals surface area contributed by atoms with Crippen LogP contribution in [0.15, 0.2) is 35.7 Å². The summed E-state index contributed by atoms with van der Waals surface area (Å²) in [5.41, 5.74) is 0.808. The SMILES string of the molecule is C=Cc1ccc(S(=O)(=O)O)cc1.CN(C)C1CCCCC1. The molecule has 21 heavy (non-hydrogen) atoms. The molecule has 0 radical (unpaired) electrons. The zero-order chi connectivity index (χ0) is 15.9. The first kappa shape index (κ1) is 17.9. The predicted octanol–water partition coefficient (Wildman–Crippen LogP) is 3.46. The molecule has 1 N–H and O–H groups in total. The van der Waals surface area contributed by atoms with Gasteiger partial charge in [0, 0.05) is 6.04 Å². The van der Waals surface area contributed by atoms with E-state index in [1.54, 1.807) is 18.2 Å². The van der Waals surface area contributed by atoms with Crippen LogP contribution in [0.5, 0.6) is 0 Å². The van der Waals surface area contributed by atoms with Crippen LogP contribution in [0, 0.1) is 0 Å². The van der Waals surface area contributed by atoms with Crippen molar-refractivity contribution in [2.45, 2.75) is 43.0 Å². The Kier molecular flexibility index (Phi) is 7.08. The summed E-state index contributed by atoms with van der Waals surface area (Å²) in [4.78, 5) is 2.26. The van der Waals surface area contributed by atoms with Crippen LogP contribution in [-0.4, -0.2) is 38.0 Å². The normalized spacial score (nSPS) is 16.2. The van der Waals surface area contributed by atoms with E-state index in [4.69, 9.17) is 4.55 Å². The third-order valence-corrected chi connectivity index (χ3v) is 4.59. The zero-order valence-corrected chi connectivity index (χ0v) is 13.6. The van der Waals surface area contributed by atoms with Crippen molar-refractivity contribution in [1.82, 2.24) is 4.90 Å². The topological polar surface area (TPSA) is 57.6 Å². The molecular weight excluding hydrogens is 286 g/mol. The molecule has 2 rings (SSSR count). The second-order valence-corrected chi connectivity index (χ2v) is 6.93. The zero-order valence-electron chi connectivity index (χ0n) is 12.8. The van der Waals surface area contributed by atoms with Crippen LogP contribution in [0.4, 0.5) is 0 Å². The average molecular weight is 311 g/mol. The van der Waals surface area contributed by atoms with Gasteiger partial charge in [0.1, 0.15) is 0 Å². The van der Waals surface area contributed by atoms with Gasteiger partial charge in [0.25, 0.3) is 10.1 Å². The Morgan fingerprint density at radius 3 is 2.00 bits per heavy atom. The van der Waals surface area contributed by atoms with Gasteiger partial charge < -0.3 is 4.90 Å². The van der Waals surface area contributed by atoms with E-state index >= 15 is 0 Å². The lowest BCUT2D eigenvalue weighted by Crippen LogP contribution is -2.29. The Labute approximate surface area is 128 Å². The lowest BCUT2D eigenvalue weighted by Gasteiger charge is -2.27. The van der Waals surface area contributed by atoms with Crippen molar-refractivity contribution in [1.29, 1.82) is 0 Å². The van der Waals surface area contributed by atoms with Crippen molar-refractivity contribution in [3.63, 3.8) is 0 Å². The first-order chi connectivity index (χ1) is 9.84. The highest BCUT2D eigenvalue weighted by Gasteiger charge is 2.13. The van der Waals surface area contributed by atoms with E-state index in [-0.39, 0.29) is 4.90 Å². The smallest absolute Gasteiger partial charge is 0.294 e. The molecule has 0 unspecified atom stereocenters. The summed E-state index contributed by atoms with van der Waals surface area (Å²) in [5.74, 6) is 0. The summed E-state index contributed by atoms with van der Waals surface area (Å²) in [5, 5.41) is 0. The van der Waals surface area contributed by atoms with E-state index in [1.807, 2.05) is 0 Å². The largest absolute Gasteiger partial charge is 0.306 e. The molecule has 1 fully saturated rings. The quantitative estimate of drug-likeness (QED) is 0.869. The third kappa shape index (κ3) is 6.42. The van der Waals surface area contributed by atoms with Gasteiger partial charge in [0.15, 0.2) is 0 Å². The van der Waals surface area contributed by atoms with Gasteiger partial charge >= 0.3 is 0 Å². The molecule has 0 heterocycles. The summed E-state index contributed by atoms with van der Waals surface area (Å²) in [7, 11) is 0.319. The molecule has 5 heteroatoms. The maximum Gasteiger partial charge on any atom is 0.294 e. The maximum atomic E-state index is 10.6. The van der Waals surface area contributed by atoms with E-state index in [0.29, 0.717) is 0 Å². The van der Waals surface area contributed by atoms with Crippen molar-refractivity contribution in [2.24, 2.45) is 0 Å². The second kappa shape index (κ2) is 8.32. The molecule has 1 aliphatic rings. The Morgan fingerprint density at radius 2 is 1.67 bits per heavy atom. The van der Waals surface area contributed by atoms with Gasteiger partial charge in [0.05, 0.1) is 4.90 Å². The first-order valence-electron chi connectivity index (χ1n) is 7.21. The summed E-state index contributed by atoms with van der Waals surface area (Å²) >= 11 is 0. The van der Waals surface area contributed by atoms with Crippen LogP contribution in [0.3, 0.4) is 0 Å². The fourth-order valence-electron chi connectivity index (χ4n) is 2.37. The highest BCUT2D eigenvalue weighted by Crippen LogP contribution is 2.20. The van der Waals surface area contributed by atoms with Gasteiger partial charge in [-0.15, -0.1) is 0 Å². The first-order valence-corrected chi connectivity index (χ1v) is 8.65. The van der Waals surface area contributed by atoms with Crippen LogP contribution in [0.1, 0.15) is 37.7 Å². The van der Waals surface area contributed by atoms with Gasteiger partial charge in [0.2, 0.25) is 0 Å². The minimum Gasteiger partial charge on any atom is -0.306 e. The van der Waals surface area contributed by atoms with Crippen molar-refractivity contribution in [3.05, 3.63) is 36.4 Å². The van der Waals surface area contributed by atoms with E-state index in [2.05, 4.69) is 25.6 Å². The summed E-state index contributed by atoms with van der Waals surface area (Å²) in [6.07, 6.45) is 8.80. The van der Waals surface area contributed by atoms with Crippen LogP contribution in [0.25, 0.3) is 6.08 Å². The number of nitrogens with zero attached hydrogens (tertiary/aromatic N) is 1. The van der Waals surface area contributed by atoms with Crippen LogP contribution in [-0.2, 0) is 10.1 Å². The van der Waals surface area contributed by atoms with Crippen molar-refractivity contribution in [2.75, 3.05) is 14.1 Å². The van der Waals surface area contributed by atoms with Gasteiger partial charge in [-0.3, -0.25) is 4.55 Å². The standard InChI is InChI=1S/C8H17N.C8H8O3S/c1-9(2)8-6-4-3-5-7-8;1-2-7-3-5-8(6-4-7)12(9,10)11/h8H,3-7H2,1-2H3;2-6H,1H2,(H,9,10,11). The van der Waals surface area contributed by atoms with E-state index in [1.165, 1.54) is 44.2 Å². The monoisotopic (exact) mass is 311 g/mol. The second-order valence-electron chi connectivity index (χ2n) is 5.50. The predicted molar refractivity (Wildman–Crippen MR) is 86.9 cm³/mol. The Balaban J connectivity index is 0.000000219. The van der Waals surface area contributed by atoms with Crippen LogP contribution in [0.2, 0.25) is 0 Å². The highest BCUT2D eigenvalue weighted by molar-refractivity contribution is 7.85. The van der Waals surface area contributed by atoms with Gasteiger partial charge in [-0.2, -0.15) is 8.42 Å². The lowest BCUT2D eigenvalue weighted by molar-refractivity contribution is 0.229. The lowest BCUT2D eigenvalue weighted by atomic mass is 9.95. The Morgan fingerprint density at radius 1 is 1.14 bits per heavy atom. The molecule has 0 saturated heterocycles. The molecule has 0 aromatic heterocycles. The molecule has 118 valence electrons. The molecule has 1 aromatic carbocycles. The molecule has 0 amide bonds. The van der Waals surface area contributed by atoms with E-state index < -0.39 is 10.1 Å². The molecule has 0 spiro atoms. The number of hydrogen-bond acceptors (Lipinski definition) is 3. The van der Waals surface area contributed by atoms with Crippen LogP contribution >= 0.6 is 0 Å². The number of hydrogen-bond donors (Lipinski definition) is 1. The minimum atomic E-state index is -4.06. The van der Waals surface area contributed by atoms with Crippen LogP contribution < -0.4 is 0 Å². The van der Waals surface area contributed by atoms with Crippen molar-refractivity contribution < 1.29 is 13.0 Å². The average Bonchev–Trinajstić information content (AvgIpc) is 2.48. The molecule has 0 aliphatic heterocycles. The van der Waals surface area contributed by atoms with E-state index in [9.17, 15) is 8.42 Å². The summed E-state index contributed by atoms with van der Waals surface area (Å²) in [6, 6.07) is 6.67. The van der Waals surface area contributed by atoms with Gasteiger partial charge in [-0.05, 0) is 44.6 Å². The van der Waals surface area contributed by atoms with Gasteiger partial charge in [-0.1, -0.05) is 44.1 Å². The highest BCUT2D eigenvalue weighted by atomic mass is 32.2. The minimum absolute atomic E-state index is 0.104. The van der Waals surface area contributed by atoms with Crippen molar-refractivity contribution >= 4 is 16.2 Å². The summed E-state index contributed by atoms with van der Waals surface area (Å²) < 4.78 is 29.7. The van der Waals surface area contributed by atoms with E-state index in [0.717, 1.165) is 11.6 Å². The molecule has 4 nitrogen and oxygen atoms in total. The Hall–Kier alpha value is -1.17. The molecule has 0 atom stereocenters. The Bertz CT molecular complexity index is 529. The van der Waals surface area contributed by atoms with Crippen molar-refractivity contribution in [3.8, 4) is 0 Å². The fraction of sp³-hybridized carbons (Fsp3) is 0.500. The summed E-state index contributed by atoms with van der Waals surface area (Å²) in [6.45, 7) is 3.51. The molecule has 1 aliphatic carbocycles. The third-order valence-electron chi connectivity index (χ3n) is 3.72. The molecule has 1 saturated carbocycles. The van der Waals surface area contributed by atoms with Gasteiger partial charge in [-0.25, -0.2) is 0 Å².